The van der Waals surface area contributed by atoms with Gasteiger partial charge in [-0.05, 0) is 26.0 Å². The van der Waals surface area contributed by atoms with Gasteiger partial charge in [-0.25, -0.2) is 0 Å². The van der Waals surface area contributed by atoms with E-state index in [1.54, 1.807) is 12.1 Å². The van der Waals surface area contributed by atoms with Crippen molar-refractivity contribution in [3.05, 3.63) is 46.5 Å². The van der Waals surface area contributed by atoms with E-state index < -0.39 is 5.41 Å². The molecule has 0 saturated heterocycles. The summed E-state index contributed by atoms with van der Waals surface area (Å²) >= 11 is 0. The first-order valence-electron chi connectivity index (χ1n) is 8.64. The molecule has 6 nitrogen and oxygen atoms in total. The minimum atomic E-state index is -0.572. The van der Waals surface area contributed by atoms with Gasteiger partial charge in [0.25, 0.3) is 0 Å². The second-order valence-electron chi connectivity index (χ2n) is 6.87. The molecule has 0 N–H and O–H groups in total. The van der Waals surface area contributed by atoms with Crippen molar-refractivity contribution in [1.82, 2.24) is 0 Å². The Hall–Kier alpha value is -3.02. The lowest BCUT2D eigenvalue weighted by Gasteiger charge is -2.22. The molecule has 6 heteroatoms. The average Bonchev–Trinajstić information content (AvgIpc) is 3.21. The highest BCUT2D eigenvalue weighted by molar-refractivity contribution is 5.98. The van der Waals surface area contributed by atoms with Crippen LogP contribution in [-0.2, 0) is 5.41 Å². The Morgan fingerprint density at radius 1 is 0.815 bits per heavy atom. The van der Waals surface area contributed by atoms with Gasteiger partial charge in [0.1, 0.15) is 36.2 Å². The van der Waals surface area contributed by atoms with Crippen molar-refractivity contribution in [2.75, 3.05) is 27.4 Å². The Kier molecular flexibility index (Phi) is 3.87. The van der Waals surface area contributed by atoms with Gasteiger partial charge in [0.2, 0.25) is 0 Å². The van der Waals surface area contributed by atoms with E-state index in [-0.39, 0.29) is 11.6 Å². The Morgan fingerprint density at radius 2 is 1.22 bits per heavy atom. The molecule has 27 heavy (non-hydrogen) atoms. The zero-order valence-electron chi connectivity index (χ0n) is 15.7. The minimum Gasteiger partial charge on any atom is -0.496 e. The molecule has 0 fully saturated rings. The first-order valence-corrected chi connectivity index (χ1v) is 8.64. The van der Waals surface area contributed by atoms with Crippen molar-refractivity contribution in [3.8, 4) is 23.0 Å². The molecule has 140 valence electrons. The molecule has 0 aromatic heterocycles. The van der Waals surface area contributed by atoms with Gasteiger partial charge in [-0.1, -0.05) is 0 Å². The number of carbonyl (C=O) groups excluding carboxylic acids is 2. The monoisotopic (exact) mass is 368 g/mol. The molecule has 2 heterocycles. The summed E-state index contributed by atoms with van der Waals surface area (Å²) in [7, 11) is 3.05. The predicted octanol–water partition coefficient (Wildman–Crippen LogP) is 3.18. The lowest BCUT2D eigenvalue weighted by atomic mass is 9.76. The summed E-state index contributed by atoms with van der Waals surface area (Å²) in [5, 5.41) is 0. The van der Waals surface area contributed by atoms with Crippen LogP contribution in [0.2, 0.25) is 0 Å². The quantitative estimate of drug-likeness (QED) is 0.772. The van der Waals surface area contributed by atoms with Gasteiger partial charge < -0.3 is 18.9 Å². The van der Waals surface area contributed by atoms with Crippen LogP contribution in [0.15, 0.2) is 24.3 Å². The van der Waals surface area contributed by atoms with Gasteiger partial charge in [0, 0.05) is 23.3 Å². The highest BCUT2D eigenvalue weighted by Gasteiger charge is 2.50. The van der Waals surface area contributed by atoms with Gasteiger partial charge in [0.05, 0.1) is 30.8 Å². The summed E-state index contributed by atoms with van der Waals surface area (Å²) in [5.41, 5.74) is 2.15. The largest absolute Gasteiger partial charge is 0.496 e. The average molecular weight is 368 g/mol. The number of carbonyl (C=O) groups is 2. The maximum atomic E-state index is 12.1. The maximum absolute atomic E-state index is 12.1. The molecule has 0 unspecified atom stereocenters. The summed E-state index contributed by atoms with van der Waals surface area (Å²) in [6.45, 7) is 3.74. The van der Waals surface area contributed by atoms with Gasteiger partial charge in [-0.3, -0.25) is 9.59 Å². The molecule has 2 aromatic rings. The summed E-state index contributed by atoms with van der Waals surface area (Å²) in [4.78, 5) is 24.2. The summed E-state index contributed by atoms with van der Waals surface area (Å²) in [6.07, 6.45) is 0. The van der Waals surface area contributed by atoms with Gasteiger partial charge in [-0.2, -0.15) is 0 Å². The lowest BCUT2D eigenvalue weighted by molar-refractivity contribution is 0.100. The first-order chi connectivity index (χ1) is 12.9. The smallest absolute Gasteiger partial charge is 0.163 e. The minimum absolute atomic E-state index is 0.0880. The number of hydrogen-bond donors (Lipinski definition) is 0. The fraction of sp³-hybridized carbons (Fsp3) is 0.333. The molecular formula is C21H20O6. The fourth-order valence-corrected chi connectivity index (χ4v) is 3.90. The third kappa shape index (κ3) is 2.40. The van der Waals surface area contributed by atoms with E-state index in [2.05, 4.69) is 0 Å². The molecule has 0 bridgehead atoms. The van der Waals surface area contributed by atoms with Crippen LogP contribution in [-0.4, -0.2) is 39.0 Å². The van der Waals surface area contributed by atoms with E-state index in [4.69, 9.17) is 18.9 Å². The number of ether oxygens (including phenoxy) is 4. The molecule has 2 aromatic carbocycles. The second-order valence-corrected chi connectivity index (χ2v) is 6.87. The van der Waals surface area contributed by atoms with Crippen molar-refractivity contribution < 1.29 is 28.5 Å². The van der Waals surface area contributed by atoms with E-state index >= 15 is 0 Å². The molecule has 0 atom stereocenters. The summed E-state index contributed by atoms with van der Waals surface area (Å²) in [6, 6.07) is 7.13. The predicted molar refractivity (Wildman–Crippen MR) is 97.8 cm³/mol. The molecule has 0 saturated carbocycles. The van der Waals surface area contributed by atoms with E-state index in [1.807, 2.05) is 12.1 Å². The fourth-order valence-electron chi connectivity index (χ4n) is 3.90. The molecular weight excluding hydrogens is 348 g/mol. The zero-order valence-corrected chi connectivity index (χ0v) is 15.7. The van der Waals surface area contributed by atoms with Crippen molar-refractivity contribution in [1.29, 1.82) is 0 Å². The number of ketones is 2. The lowest BCUT2D eigenvalue weighted by Crippen LogP contribution is -2.31. The molecule has 1 spiro atoms. The normalized spacial score (nSPS) is 15.6. The van der Waals surface area contributed by atoms with Crippen molar-refractivity contribution >= 4 is 11.6 Å². The Labute approximate surface area is 157 Å². The van der Waals surface area contributed by atoms with Gasteiger partial charge >= 0.3 is 0 Å². The number of hydrogen-bond acceptors (Lipinski definition) is 6. The Morgan fingerprint density at radius 3 is 1.56 bits per heavy atom. The molecule has 0 amide bonds. The highest BCUT2D eigenvalue weighted by Crippen LogP contribution is 2.53. The van der Waals surface area contributed by atoms with Crippen molar-refractivity contribution in [3.63, 3.8) is 0 Å². The van der Waals surface area contributed by atoms with Crippen molar-refractivity contribution in [2.45, 2.75) is 19.3 Å². The summed E-state index contributed by atoms with van der Waals surface area (Å²) in [5.74, 6) is 2.11. The number of benzene rings is 2. The number of methoxy groups -OCH3 is 2. The van der Waals surface area contributed by atoms with E-state index in [9.17, 15) is 9.59 Å². The molecule has 0 aliphatic carbocycles. The summed E-state index contributed by atoms with van der Waals surface area (Å²) < 4.78 is 22.6. The Balaban J connectivity index is 1.93. The molecule has 2 aliphatic rings. The Bertz CT molecular complexity index is 896. The molecule has 0 radical (unpaired) electrons. The van der Waals surface area contributed by atoms with Crippen LogP contribution in [0.5, 0.6) is 23.0 Å². The third-order valence-corrected chi connectivity index (χ3v) is 5.34. The number of Topliss-reactive ketones (excluding diaryl/α,β-unsaturated/α-hetero) is 2. The second kappa shape index (κ2) is 6.01. The maximum Gasteiger partial charge on any atom is 0.163 e. The number of rotatable bonds is 4. The molecule has 2 aliphatic heterocycles. The van der Waals surface area contributed by atoms with E-state index in [0.29, 0.717) is 47.3 Å². The topological polar surface area (TPSA) is 71.1 Å². The van der Waals surface area contributed by atoms with Crippen LogP contribution in [0.25, 0.3) is 0 Å². The highest BCUT2D eigenvalue weighted by atomic mass is 16.5. The van der Waals surface area contributed by atoms with Crippen molar-refractivity contribution in [2.24, 2.45) is 0 Å². The molecule has 4 rings (SSSR count). The van der Waals surface area contributed by atoms with Crippen LogP contribution in [0.4, 0.5) is 0 Å². The van der Waals surface area contributed by atoms with E-state index in [1.165, 1.54) is 28.1 Å². The SMILES string of the molecule is COc1cc2c(cc1C(C)=O)C1(CO2)COc2cc(OC)c(C(C)=O)cc21. The number of fused-ring (bicyclic) bond motifs is 4. The van der Waals surface area contributed by atoms with Crippen LogP contribution in [0.1, 0.15) is 45.7 Å². The van der Waals surface area contributed by atoms with Crippen LogP contribution in [0.3, 0.4) is 0 Å². The zero-order chi connectivity index (χ0) is 19.3. The first kappa shape index (κ1) is 17.4. The third-order valence-electron chi connectivity index (χ3n) is 5.34. The van der Waals surface area contributed by atoms with Gasteiger partial charge in [-0.15, -0.1) is 0 Å². The van der Waals surface area contributed by atoms with Crippen LogP contribution < -0.4 is 18.9 Å². The standard InChI is InChI=1S/C21H20O6/c1-11(22)13-5-15-19(7-17(13)24-3)26-9-21(15)10-27-20-8-18(25-4)14(12(2)23)6-16(20)21/h5-8H,9-10H2,1-4H3. The van der Waals surface area contributed by atoms with E-state index in [0.717, 1.165) is 11.1 Å². The van der Waals surface area contributed by atoms with Crippen LogP contribution in [0, 0.1) is 0 Å². The van der Waals surface area contributed by atoms with Gasteiger partial charge in [0.15, 0.2) is 11.6 Å². The van der Waals surface area contributed by atoms with Crippen LogP contribution >= 0.6 is 0 Å².